The zero-order valence-electron chi connectivity index (χ0n) is 24.5. The average Bonchev–Trinajstić information content (AvgIpc) is 3.48. The van der Waals surface area contributed by atoms with Gasteiger partial charge < -0.3 is 15.0 Å². The van der Waals surface area contributed by atoms with Crippen molar-refractivity contribution in [2.24, 2.45) is 0 Å². The van der Waals surface area contributed by atoms with Crippen molar-refractivity contribution in [3.63, 3.8) is 0 Å². The van der Waals surface area contributed by atoms with Gasteiger partial charge in [-0.25, -0.2) is 8.42 Å². The van der Waals surface area contributed by atoms with E-state index < -0.39 is 28.5 Å². The lowest BCUT2D eigenvalue weighted by atomic mass is 10.1. The lowest BCUT2D eigenvalue weighted by Gasteiger charge is -2.33. The first kappa shape index (κ1) is 31.4. The fourth-order valence-electron chi connectivity index (χ4n) is 5.07. The van der Waals surface area contributed by atoms with E-state index in [0.717, 1.165) is 46.7 Å². The van der Waals surface area contributed by atoms with E-state index in [1.165, 1.54) is 30.2 Å². The molecule has 0 unspecified atom stereocenters. The van der Waals surface area contributed by atoms with Crippen molar-refractivity contribution in [2.75, 3.05) is 18.0 Å². The Morgan fingerprint density at radius 2 is 1.57 bits per heavy atom. The number of nitrogens with one attached hydrogen (secondary N) is 1. The summed E-state index contributed by atoms with van der Waals surface area (Å²) in [4.78, 5) is 29.0. The Morgan fingerprint density at radius 1 is 0.976 bits per heavy atom. The van der Waals surface area contributed by atoms with E-state index in [4.69, 9.17) is 16.3 Å². The molecule has 0 saturated heterocycles. The lowest BCUT2D eigenvalue weighted by molar-refractivity contribution is -0.139. The maximum Gasteiger partial charge on any atom is 0.264 e. The minimum atomic E-state index is -4.25. The summed E-state index contributed by atoms with van der Waals surface area (Å²) in [6.07, 6.45) is 3.92. The number of benzene rings is 3. The fourth-order valence-corrected chi connectivity index (χ4v) is 6.66. The van der Waals surface area contributed by atoms with Gasteiger partial charge in [-0.05, 0) is 69.5 Å². The monoisotopic (exact) mass is 611 g/mol. The van der Waals surface area contributed by atoms with Gasteiger partial charge in [-0.15, -0.1) is 0 Å². The first-order valence-electron chi connectivity index (χ1n) is 14.1. The van der Waals surface area contributed by atoms with Gasteiger partial charge in [0.1, 0.15) is 18.3 Å². The zero-order valence-corrected chi connectivity index (χ0v) is 26.0. The average molecular weight is 612 g/mol. The Morgan fingerprint density at radius 3 is 2.17 bits per heavy atom. The van der Waals surface area contributed by atoms with Gasteiger partial charge in [-0.2, -0.15) is 0 Å². The highest BCUT2D eigenvalue weighted by atomic mass is 35.5. The number of amides is 2. The van der Waals surface area contributed by atoms with Gasteiger partial charge in [0.15, 0.2) is 0 Å². The summed E-state index contributed by atoms with van der Waals surface area (Å²) in [7, 11) is -2.82. The van der Waals surface area contributed by atoms with Crippen molar-refractivity contribution in [3.05, 3.63) is 88.4 Å². The number of methoxy groups -OCH3 is 1. The Hall–Kier alpha value is -3.56. The predicted molar refractivity (Wildman–Crippen MR) is 165 cm³/mol. The molecular weight excluding hydrogens is 574 g/mol. The Balaban J connectivity index is 1.73. The molecule has 2 amide bonds. The number of halogens is 1. The van der Waals surface area contributed by atoms with Crippen LogP contribution in [0.2, 0.25) is 5.02 Å². The first-order valence-corrected chi connectivity index (χ1v) is 15.9. The van der Waals surface area contributed by atoms with Gasteiger partial charge in [0, 0.05) is 17.6 Å². The van der Waals surface area contributed by atoms with Crippen LogP contribution in [-0.4, -0.2) is 50.9 Å². The van der Waals surface area contributed by atoms with Crippen LogP contribution in [0.1, 0.15) is 49.3 Å². The molecule has 0 spiro atoms. The van der Waals surface area contributed by atoms with Crippen LogP contribution in [0.15, 0.2) is 71.6 Å². The van der Waals surface area contributed by atoms with Crippen LogP contribution in [-0.2, 0) is 26.2 Å². The van der Waals surface area contributed by atoms with Crippen molar-refractivity contribution in [1.82, 2.24) is 10.2 Å². The summed E-state index contributed by atoms with van der Waals surface area (Å²) in [5.41, 5.74) is 2.90. The standard InChI is InChI=1S/C32H38ClN3O5S/c1-22-9-13-25(14-10-22)20-35(24(3)32(38)34-27-7-5-6-8-27)31(37)21-36(29-19-26(33)15-18-30(29)41-4)42(39,40)28-16-11-23(2)12-17-28/h9-19,24,27H,5-8,20-21H2,1-4H3,(H,34,38)/t24-/m1/s1. The van der Waals surface area contributed by atoms with Crippen molar-refractivity contribution in [3.8, 4) is 5.75 Å². The third kappa shape index (κ3) is 7.44. The summed E-state index contributed by atoms with van der Waals surface area (Å²) in [5, 5.41) is 3.36. The second-order valence-corrected chi connectivity index (χ2v) is 13.1. The quantitative estimate of drug-likeness (QED) is 0.303. The fraction of sp³-hybridized carbons (Fsp3) is 0.375. The molecule has 0 radical (unpaired) electrons. The number of hydrogen-bond donors (Lipinski definition) is 1. The van der Waals surface area contributed by atoms with Crippen molar-refractivity contribution >= 4 is 39.1 Å². The highest BCUT2D eigenvalue weighted by Gasteiger charge is 2.34. The van der Waals surface area contributed by atoms with E-state index in [-0.39, 0.29) is 39.8 Å². The summed E-state index contributed by atoms with van der Waals surface area (Å²) >= 11 is 6.30. The van der Waals surface area contributed by atoms with E-state index in [2.05, 4.69) is 5.32 Å². The van der Waals surface area contributed by atoms with Crippen molar-refractivity contribution in [2.45, 2.75) is 70.0 Å². The molecule has 0 aliphatic heterocycles. The van der Waals surface area contributed by atoms with Crippen LogP contribution in [0.5, 0.6) is 5.75 Å². The summed E-state index contributed by atoms with van der Waals surface area (Å²) in [5.74, 6) is -0.571. The largest absolute Gasteiger partial charge is 0.495 e. The van der Waals surface area contributed by atoms with Gasteiger partial charge in [0.05, 0.1) is 17.7 Å². The Bertz CT molecular complexity index is 1500. The van der Waals surface area contributed by atoms with Crippen LogP contribution >= 0.6 is 11.6 Å². The molecule has 1 aliphatic rings. The summed E-state index contributed by atoms with van der Waals surface area (Å²) in [6, 6.07) is 17.9. The topological polar surface area (TPSA) is 96.0 Å². The molecule has 42 heavy (non-hydrogen) atoms. The molecule has 0 heterocycles. The maximum atomic E-state index is 14.2. The molecule has 1 fully saturated rings. The second-order valence-electron chi connectivity index (χ2n) is 10.8. The maximum absolute atomic E-state index is 14.2. The molecule has 3 aromatic carbocycles. The number of nitrogens with zero attached hydrogens (tertiary/aromatic N) is 2. The van der Waals surface area contributed by atoms with Gasteiger partial charge in [-0.1, -0.05) is 72.0 Å². The third-order valence-electron chi connectivity index (χ3n) is 7.64. The van der Waals surface area contributed by atoms with E-state index in [9.17, 15) is 18.0 Å². The lowest BCUT2D eigenvalue weighted by Crippen LogP contribution is -2.52. The van der Waals surface area contributed by atoms with Crippen LogP contribution in [0.3, 0.4) is 0 Å². The molecule has 10 heteroatoms. The van der Waals surface area contributed by atoms with Crippen LogP contribution < -0.4 is 14.4 Å². The minimum absolute atomic E-state index is 0.0139. The van der Waals surface area contributed by atoms with Crippen LogP contribution in [0.25, 0.3) is 0 Å². The molecule has 4 rings (SSSR count). The van der Waals surface area contributed by atoms with Crippen molar-refractivity contribution in [1.29, 1.82) is 0 Å². The van der Waals surface area contributed by atoms with Crippen LogP contribution in [0, 0.1) is 13.8 Å². The number of carbonyl (C=O) groups is 2. The SMILES string of the molecule is COc1ccc(Cl)cc1N(CC(=O)N(Cc1ccc(C)cc1)[C@H](C)C(=O)NC1CCCC1)S(=O)(=O)c1ccc(C)cc1. The number of ether oxygens (including phenoxy) is 1. The molecule has 3 aromatic rings. The van der Waals surface area contributed by atoms with Gasteiger partial charge in [-0.3, -0.25) is 13.9 Å². The molecule has 0 bridgehead atoms. The number of sulfonamides is 1. The number of rotatable bonds is 11. The molecule has 1 N–H and O–H groups in total. The Kier molecular flexibility index (Phi) is 10.2. The van der Waals surface area contributed by atoms with Crippen molar-refractivity contribution < 1.29 is 22.7 Å². The molecule has 1 atom stereocenters. The molecule has 1 saturated carbocycles. The van der Waals surface area contributed by atoms with Crippen LogP contribution in [0.4, 0.5) is 5.69 Å². The normalized spacial score (nSPS) is 14.3. The highest BCUT2D eigenvalue weighted by molar-refractivity contribution is 7.92. The number of carbonyl (C=O) groups excluding carboxylic acids is 2. The molecule has 1 aliphatic carbocycles. The molecule has 0 aromatic heterocycles. The summed E-state index contributed by atoms with van der Waals surface area (Å²) in [6.45, 7) is 5.06. The minimum Gasteiger partial charge on any atom is -0.495 e. The molecule has 8 nitrogen and oxygen atoms in total. The van der Waals surface area contributed by atoms with E-state index in [1.54, 1.807) is 31.2 Å². The third-order valence-corrected chi connectivity index (χ3v) is 9.65. The predicted octanol–water partition coefficient (Wildman–Crippen LogP) is 5.64. The number of aryl methyl sites for hydroxylation is 2. The van der Waals surface area contributed by atoms with Gasteiger partial charge in [0.2, 0.25) is 11.8 Å². The van der Waals surface area contributed by atoms with Gasteiger partial charge in [0.25, 0.3) is 10.0 Å². The van der Waals surface area contributed by atoms with E-state index in [1.807, 2.05) is 38.1 Å². The van der Waals surface area contributed by atoms with Gasteiger partial charge >= 0.3 is 0 Å². The Labute approximate surface area is 253 Å². The second kappa shape index (κ2) is 13.6. The van der Waals surface area contributed by atoms with E-state index in [0.29, 0.717) is 0 Å². The molecule has 224 valence electrons. The summed E-state index contributed by atoms with van der Waals surface area (Å²) < 4.78 is 34.7. The smallest absolute Gasteiger partial charge is 0.264 e. The first-order chi connectivity index (χ1) is 20.0. The highest BCUT2D eigenvalue weighted by Crippen LogP contribution is 2.35. The van der Waals surface area contributed by atoms with E-state index >= 15 is 0 Å². The number of hydrogen-bond acceptors (Lipinski definition) is 5. The number of anilines is 1. The molecular formula is C32H38ClN3O5S. The zero-order chi connectivity index (χ0) is 30.4.